The summed E-state index contributed by atoms with van der Waals surface area (Å²) in [6.07, 6.45) is 3.43. The molecular formula is C7H8N2O2S2. The van der Waals surface area contributed by atoms with Crippen molar-refractivity contribution >= 4 is 29.5 Å². The Hall–Kier alpha value is -0.750. The molecule has 0 saturated carbocycles. The zero-order valence-corrected chi connectivity index (χ0v) is 8.19. The van der Waals surface area contributed by atoms with Gasteiger partial charge in [-0.3, -0.25) is 0 Å². The van der Waals surface area contributed by atoms with Crippen molar-refractivity contribution in [1.82, 2.24) is 10.6 Å². The van der Waals surface area contributed by atoms with Gasteiger partial charge in [-0.1, -0.05) is 11.8 Å². The summed E-state index contributed by atoms with van der Waals surface area (Å²) in [5.74, 6) is -0.851. The summed E-state index contributed by atoms with van der Waals surface area (Å²) in [7, 11) is 0. The number of hydrogen-bond acceptors (Lipinski definition) is 5. The van der Waals surface area contributed by atoms with Gasteiger partial charge in [-0.2, -0.15) is 0 Å². The number of hydrogen-bond donors (Lipinski definition) is 3. The maximum atomic E-state index is 11.1. The number of rotatable bonds is 2. The first-order chi connectivity index (χ1) is 6.26. The van der Waals surface area contributed by atoms with Crippen LogP contribution in [0.5, 0.6) is 0 Å². The SMILES string of the molecule is O=C(O)C1(C2NC=CS2)NC=CS1. The van der Waals surface area contributed by atoms with Crippen molar-refractivity contribution in [3.63, 3.8) is 0 Å². The van der Waals surface area contributed by atoms with Crippen LogP contribution in [0.1, 0.15) is 0 Å². The lowest BCUT2D eigenvalue weighted by atomic mass is 10.3. The van der Waals surface area contributed by atoms with Crippen LogP contribution in [0.15, 0.2) is 23.2 Å². The van der Waals surface area contributed by atoms with E-state index in [0.29, 0.717) is 0 Å². The van der Waals surface area contributed by atoms with Crippen LogP contribution in [0.25, 0.3) is 0 Å². The number of carboxylic acid groups (broad SMARTS) is 1. The van der Waals surface area contributed by atoms with E-state index in [4.69, 9.17) is 5.11 Å². The summed E-state index contributed by atoms with van der Waals surface area (Å²) >= 11 is 2.75. The zero-order chi connectivity index (χ0) is 9.31. The van der Waals surface area contributed by atoms with Gasteiger partial charge in [0.15, 0.2) is 0 Å². The van der Waals surface area contributed by atoms with Crippen molar-refractivity contribution in [2.24, 2.45) is 0 Å². The Morgan fingerprint density at radius 1 is 1.46 bits per heavy atom. The molecule has 2 heterocycles. The minimum absolute atomic E-state index is 0.162. The Kier molecular flexibility index (Phi) is 2.17. The Bertz CT molecular complexity index is 274. The van der Waals surface area contributed by atoms with E-state index in [1.54, 1.807) is 17.8 Å². The fraction of sp³-hybridized carbons (Fsp3) is 0.286. The third-order valence-corrected chi connectivity index (χ3v) is 4.21. The van der Waals surface area contributed by atoms with Gasteiger partial charge in [-0.05, 0) is 10.8 Å². The molecule has 0 aromatic heterocycles. The molecule has 2 rings (SSSR count). The lowest BCUT2D eigenvalue weighted by molar-refractivity contribution is -0.140. The maximum absolute atomic E-state index is 11.1. The molecule has 0 saturated heterocycles. The molecule has 0 aromatic rings. The second-order valence-electron chi connectivity index (χ2n) is 2.59. The van der Waals surface area contributed by atoms with Crippen molar-refractivity contribution in [2.45, 2.75) is 10.2 Å². The van der Waals surface area contributed by atoms with Gasteiger partial charge < -0.3 is 15.7 Å². The first kappa shape index (κ1) is 8.83. The largest absolute Gasteiger partial charge is 0.479 e. The molecule has 13 heavy (non-hydrogen) atoms. The number of carboxylic acids is 1. The molecule has 0 amide bonds. The minimum atomic E-state index is -0.964. The summed E-state index contributed by atoms with van der Waals surface area (Å²) in [6, 6.07) is 0. The third kappa shape index (κ3) is 1.30. The smallest absolute Gasteiger partial charge is 0.343 e. The molecule has 2 aliphatic rings. The molecule has 0 spiro atoms. The van der Waals surface area contributed by atoms with Crippen molar-refractivity contribution in [2.75, 3.05) is 0 Å². The highest BCUT2D eigenvalue weighted by Gasteiger charge is 2.48. The Balaban J connectivity index is 2.18. The molecule has 0 aliphatic carbocycles. The molecular weight excluding hydrogens is 208 g/mol. The van der Waals surface area contributed by atoms with Crippen molar-refractivity contribution in [3.8, 4) is 0 Å². The van der Waals surface area contributed by atoms with E-state index in [-0.39, 0.29) is 5.37 Å². The molecule has 2 atom stereocenters. The Morgan fingerprint density at radius 2 is 2.31 bits per heavy atom. The van der Waals surface area contributed by atoms with Crippen molar-refractivity contribution < 1.29 is 9.90 Å². The summed E-state index contributed by atoms with van der Waals surface area (Å²) < 4.78 is 0. The Labute approximate surface area is 83.8 Å². The van der Waals surface area contributed by atoms with Gasteiger partial charge >= 0.3 is 5.97 Å². The highest BCUT2D eigenvalue weighted by atomic mass is 32.2. The molecule has 2 aliphatic heterocycles. The fourth-order valence-electron chi connectivity index (χ4n) is 1.19. The molecule has 3 N–H and O–H groups in total. The van der Waals surface area contributed by atoms with Crippen LogP contribution >= 0.6 is 23.5 Å². The highest BCUT2D eigenvalue weighted by molar-refractivity contribution is 8.07. The second-order valence-corrected chi connectivity index (χ2v) is 4.76. The van der Waals surface area contributed by atoms with Crippen LogP contribution in [-0.4, -0.2) is 21.3 Å². The van der Waals surface area contributed by atoms with Crippen LogP contribution in [0, 0.1) is 0 Å². The first-order valence-corrected chi connectivity index (χ1v) is 5.48. The lowest BCUT2D eigenvalue weighted by Crippen LogP contribution is -2.55. The third-order valence-electron chi connectivity index (χ3n) is 1.84. The summed E-state index contributed by atoms with van der Waals surface area (Å²) in [4.78, 5) is 10.1. The fourth-order valence-corrected chi connectivity index (χ4v) is 3.14. The van der Waals surface area contributed by atoms with E-state index < -0.39 is 10.8 Å². The molecule has 70 valence electrons. The van der Waals surface area contributed by atoms with Crippen molar-refractivity contribution in [1.29, 1.82) is 0 Å². The van der Waals surface area contributed by atoms with Crippen LogP contribution in [0.4, 0.5) is 0 Å². The highest BCUT2D eigenvalue weighted by Crippen LogP contribution is 2.38. The quantitative estimate of drug-likeness (QED) is 0.632. The van der Waals surface area contributed by atoms with Gasteiger partial charge in [-0.15, -0.1) is 11.8 Å². The van der Waals surface area contributed by atoms with Gasteiger partial charge in [0.2, 0.25) is 4.87 Å². The van der Waals surface area contributed by atoms with Gasteiger partial charge in [0.1, 0.15) is 5.37 Å². The molecule has 0 radical (unpaired) electrons. The van der Waals surface area contributed by atoms with Crippen LogP contribution < -0.4 is 10.6 Å². The zero-order valence-electron chi connectivity index (χ0n) is 6.56. The molecule has 6 heteroatoms. The van der Waals surface area contributed by atoms with Crippen molar-refractivity contribution in [3.05, 3.63) is 23.2 Å². The Morgan fingerprint density at radius 3 is 2.77 bits per heavy atom. The molecule has 0 bridgehead atoms. The monoisotopic (exact) mass is 216 g/mol. The van der Waals surface area contributed by atoms with E-state index in [2.05, 4.69) is 10.6 Å². The van der Waals surface area contributed by atoms with Gasteiger partial charge in [-0.25, -0.2) is 4.79 Å². The van der Waals surface area contributed by atoms with Crippen LogP contribution in [0.3, 0.4) is 0 Å². The topological polar surface area (TPSA) is 61.4 Å². The van der Waals surface area contributed by atoms with E-state index in [1.165, 1.54) is 23.5 Å². The van der Waals surface area contributed by atoms with Gasteiger partial charge in [0.25, 0.3) is 0 Å². The first-order valence-electron chi connectivity index (χ1n) is 3.66. The van der Waals surface area contributed by atoms with Crippen LogP contribution in [-0.2, 0) is 4.79 Å². The predicted octanol–water partition coefficient (Wildman–Crippen LogP) is 0.709. The van der Waals surface area contributed by atoms with E-state index >= 15 is 0 Å². The average molecular weight is 216 g/mol. The van der Waals surface area contributed by atoms with E-state index in [1.807, 2.05) is 5.41 Å². The van der Waals surface area contributed by atoms with Gasteiger partial charge in [0.05, 0.1) is 0 Å². The number of nitrogens with one attached hydrogen (secondary N) is 2. The molecule has 0 fully saturated rings. The average Bonchev–Trinajstić information content (AvgIpc) is 2.75. The molecule has 4 nitrogen and oxygen atoms in total. The summed E-state index contributed by atoms with van der Waals surface area (Å²) in [5, 5.41) is 18.4. The van der Waals surface area contributed by atoms with Gasteiger partial charge in [0, 0.05) is 12.4 Å². The predicted molar refractivity (Wildman–Crippen MR) is 53.9 cm³/mol. The van der Waals surface area contributed by atoms with E-state index in [0.717, 1.165) is 0 Å². The summed E-state index contributed by atoms with van der Waals surface area (Å²) in [6.45, 7) is 0. The number of thioether (sulfide) groups is 2. The standard InChI is InChI=1S/C7H8N2O2S2/c10-6(11)7(9-2-4-13-7)5-8-1-3-12-5/h1-5,8-9H,(H,10,11). The normalized spacial score (nSPS) is 35.8. The number of carbonyl (C=O) groups is 1. The second kappa shape index (κ2) is 3.19. The minimum Gasteiger partial charge on any atom is -0.479 e. The number of aliphatic carboxylic acids is 1. The molecule has 0 aromatic carbocycles. The van der Waals surface area contributed by atoms with Crippen LogP contribution in [0.2, 0.25) is 0 Å². The summed E-state index contributed by atoms with van der Waals surface area (Å²) in [5.41, 5.74) is 0. The lowest BCUT2D eigenvalue weighted by Gasteiger charge is -2.29. The molecule has 2 unspecified atom stereocenters. The maximum Gasteiger partial charge on any atom is 0.343 e. The van der Waals surface area contributed by atoms with E-state index in [9.17, 15) is 4.79 Å².